The number of carbonyl (C=O) groups is 2. The van der Waals surface area contributed by atoms with Crippen LogP contribution < -0.4 is 10.1 Å². The first-order valence-corrected chi connectivity index (χ1v) is 16.9. The normalized spacial score (nSPS) is 19.9. The highest BCUT2D eigenvalue weighted by atomic mass is 19.1. The Morgan fingerprint density at radius 2 is 1.57 bits per heavy atom. The minimum atomic E-state index is -0.516. The van der Waals surface area contributed by atoms with Gasteiger partial charge in [-0.1, -0.05) is 48.4 Å². The van der Waals surface area contributed by atoms with E-state index in [1.54, 1.807) is 23.4 Å². The number of amides is 2. The van der Waals surface area contributed by atoms with Crippen molar-refractivity contribution in [1.29, 1.82) is 0 Å². The number of aromatic nitrogens is 1. The molecule has 2 heterocycles. The van der Waals surface area contributed by atoms with Crippen LogP contribution in [0.3, 0.4) is 0 Å². The summed E-state index contributed by atoms with van der Waals surface area (Å²) in [5.41, 5.74) is 5.95. The maximum absolute atomic E-state index is 13.9. The molecule has 246 valence electrons. The molecule has 7 nitrogen and oxygen atoms in total. The zero-order chi connectivity index (χ0) is 33.0. The predicted molar refractivity (Wildman–Crippen MR) is 178 cm³/mol. The minimum Gasteiger partial charge on any atom is -0.489 e. The van der Waals surface area contributed by atoms with Crippen LogP contribution >= 0.6 is 0 Å². The van der Waals surface area contributed by atoms with E-state index in [0.717, 1.165) is 47.9 Å². The maximum atomic E-state index is 13.9. The topological polar surface area (TPSA) is 80.8 Å². The van der Waals surface area contributed by atoms with Crippen molar-refractivity contribution in [2.45, 2.75) is 90.4 Å². The lowest BCUT2D eigenvalue weighted by atomic mass is 9.55. The number of pyridine rings is 1. The number of halogens is 1. The Morgan fingerprint density at radius 3 is 2.17 bits per heavy atom. The Labute approximate surface area is 276 Å². The van der Waals surface area contributed by atoms with Crippen LogP contribution in [0.15, 0.2) is 72.6 Å². The average molecular weight is 638 g/mol. The van der Waals surface area contributed by atoms with Gasteiger partial charge in [0, 0.05) is 24.7 Å². The third-order valence-corrected chi connectivity index (χ3v) is 10.4. The molecule has 1 aromatic heterocycles. The first-order valence-electron chi connectivity index (χ1n) is 16.9. The van der Waals surface area contributed by atoms with E-state index in [4.69, 9.17) is 9.47 Å². The molecular formula is C39H44FN3O4. The van der Waals surface area contributed by atoms with Gasteiger partial charge in [-0.15, -0.1) is 0 Å². The van der Waals surface area contributed by atoms with E-state index in [1.165, 1.54) is 37.0 Å². The second kappa shape index (κ2) is 11.8. The molecule has 2 aromatic carbocycles. The third kappa shape index (κ3) is 6.52. The highest BCUT2D eigenvalue weighted by Gasteiger charge is 2.53. The van der Waals surface area contributed by atoms with E-state index in [1.807, 2.05) is 52.0 Å². The van der Waals surface area contributed by atoms with Gasteiger partial charge in [-0.05, 0) is 112 Å². The van der Waals surface area contributed by atoms with Crippen molar-refractivity contribution in [3.63, 3.8) is 0 Å². The van der Waals surface area contributed by atoms with Gasteiger partial charge in [0.1, 0.15) is 17.2 Å². The lowest BCUT2D eigenvalue weighted by molar-refractivity contribution is -0.0682. The summed E-state index contributed by atoms with van der Waals surface area (Å²) in [6.07, 6.45) is 11.1. The molecule has 1 aliphatic heterocycles. The highest BCUT2D eigenvalue weighted by molar-refractivity contribution is 5.94. The number of hydrogen-bond acceptors (Lipinski definition) is 5. The van der Waals surface area contributed by atoms with Crippen molar-refractivity contribution in [2.75, 3.05) is 13.1 Å². The lowest BCUT2D eigenvalue weighted by Gasteiger charge is -2.57. The van der Waals surface area contributed by atoms with Crippen LogP contribution in [-0.4, -0.2) is 46.7 Å². The van der Waals surface area contributed by atoms with Crippen LogP contribution in [0.1, 0.15) is 106 Å². The summed E-state index contributed by atoms with van der Waals surface area (Å²) in [5, 5.41) is 3.11. The third-order valence-electron chi connectivity index (χ3n) is 10.4. The molecule has 47 heavy (non-hydrogen) atoms. The molecule has 4 aliphatic rings. The van der Waals surface area contributed by atoms with Crippen LogP contribution in [0, 0.1) is 16.6 Å². The predicted octanol–water partition coefficient (Wildman–Crippen LogP) is 8.26. The number of likely N-dealkylation sites (tertiary alicyclic amines) is 1. The van der Waals surface area contributed by atoms with Gasteiger partial charge in [-0.2, -0.15) is 0 Å². The summed E-state index contributed by atoms with van der Waals surface area (Å²) in [6, 6.07) is 16.4. The number of rotatable bonds is 7. The molecule has 3 aliphatic carbocycles. The van der Waals surface area contributed by atoms with E-state index in [9.17, 15) is 14.0 Å². The fraction of sp³-hybridized carbons (Fsp3) is 0.462. The van der Waals surface area contributed by atoms with Crippen molar-refractivity contribution in [1.82, 2.24) is 15.2 Å². The van der Waals surface area contributed by atoms with Crippen LogP contribution in [-0.2, 0) is 4.74 Å². The number of carbonyl (C=O) groups excluding carboxylic acids is 2. The fourth-order valence-corrected chi connectivity index (χ4v) is 7.84. The maximum Gasteiger partial charge on any atom is 0.410 e. The van der Waals surface area contributed by atoms with Crippen LogP contribution in [0.2, 0.25) is 0 Å². The van der Waals surface area contributed by atoms with Crippen molar-refractivity contribution in [3.8, 4) is 5.75 Å². The van der Waals surface area contributed by atoms with Crippen LogP contribution in [0.5, 0.6) is 5.75 Å². The Hall–Kier alpha value is -4.20. The number of hydrogen-bond donors (Lipinski definition) is 1. The summed E-state index contributed by atoms with van der Waals surface area (Å²) in [5.74, 6) is 0.179. The van der Waals surface area contributed by atoms with Gasteiger partial charge in [-0.3, -0.25) is 9.78 Å². The SMILES string of the molecule is C[C@@H](NC(=O)c1cncc(OC2CC3(CCC3)C2)c1)c1ccc(C(=C2CC3(C2)CN(C(=O)OC(C)(C)C)C3)c2ccc(F)cc2)cc1. The number of allylic oxidation sites excluding steroid dienone is 1. The Kier molecular flexibility index (Phi) is 7.88. The molecule has 1 saturated heterocycles. The van der Waals surface area contributed by atoms with Gasteiger partial charge in [0.15, 0.2) is 0 Å². The average Bonchev–Trinajstić information content (AvgIpc) is 2.94. The molecule has 2 amide bonds. The molecule has 7 rings (SSSR count). The molecular weight excluding hydrogens is 593 g/mol. The number of benzene rings is 2. The monoisotopic (exact) mass is 637 g/mol. The summed E-state index contributed by atoms with van der Waals surface area (Å²) < 4.78 is 25.6. The summed E-state index contributed by atoms with van der Waals surface area (Å²) >= 11 is 0. The number of nitrogens with one attached hydrogen (secondary N) is 1. The number of ether oxygens (including phenoxy) is 2. The molecule has 0 radical (unpaired) electrons. The first-order chi connectivity index (χ1) is 22.4. The second-order valence-corrected chi connectivity index (χ2v) is 15.4. The first kappa shape index (κ1) is 31.4. The molecule has 3 aromatic rings. The molecule has 1 N–H and O–H groups in total. The molecule has 8 heteroatoms. The fourth-order valence-electron chi connectivity index (χ4n) is 7.84. The zero-order valence-corrected chi connectivity index (χ0v) is 27.8. The van der Waals surface area contributed by atoms with E-state index in [0.29, 0.717) is 29.8 Å². The quantitative estimate of drug-likeness (QED) is 0.282. The second-order valence-electron chi connectivity index (χ2n) is 15.4. The standard InChI is InChI=1S/C39H44FN3O4/c1-25(42-35(44)29-16-32(22-41-21-29)46-33-19-38(20-33)14-5-15-38)26-6-8-27(9-7-26)34(28-10-12-31(40)13-11-28)30-17-39(18-30)23-43(24-39)36(45)47-37(2,3)4/h6-13,16,21-22,25,33H,5,14-15,17-20,23-24H2,1-4H3,(H,42,44)/t25-/m1/s1. The van der Waals surface area contributed by atoms with E-state index >= 15 is 0 Å². The van der Waals surface area contributed by atoms with Gasteiger partial charge in [-0.25, -0.2) is 9.18 Å². The van der Waals surface area contributed by atoms with Crippen molar-refractivity contribution in [2.24, 2.45) is 10.8 Å². The van der Waals surface area contributed by atoms with E-state index in [-0.39, 0.29) is 35.4 Å². The van der Waals surface area contributed by atoms with Gasteiger partial charge in [0.25, 0.3) is 5.91 Å². The summed E-state index contributed by atoms with van der Waals surface area (Å²) in [7, 11) is 0. The summed E-state index contributed by atoms with van der Waals surface area (Å²) in [4.78, 5) is 31.7. The van der Waals surface area contributed by atoms with Crippen LogP contribution in [0.25, 0.3) is 5.57 Å². The summed E-state index contributed by atoms with van der Waals surface area (Å²) in [6.45, 7) is 8.98. The largest absolute Gasteiger partial charge is 0.489 e. The van der Waals surface area contributed by atoms with E-state index in [2.05, 4.69) is 22.4 Å². The van der Waals surface area contributed by atoms with Gasteiger partial charge >= 0.3 is 6.09 Å². The van der Waals surface area contributed by atoms with Gasteiger partial charge in [0.05, 0.1) is 23.9 Å². The molecule has 2 spiro atoms. The van der Waals surface area contributed by atoms with Crippen molar-refractivity contribution >= 4 is 17.6 Å². The van der Waals surface area contributed by atoms with Gasteiger partial charge < -0.3 is 19.7 Å². The van der Waals surface area contributed by atoms with Crippen LogP contribution in [0.4, 0.5) is 9.18 Å². The Balaban J connectivity index is 1.01. The molecule has 3 saturated carbocycles. The minimum absolute atomic E-state index is 0.0735. The van der Waals surface area contributed by atoms with Crippen molar-refractivity contribution < 1.29 is 23.5 Å². The number of nitrogens with zero attached hydrogens (tertiary/aromatic N) is 2. The van der Waals surface area contributed by atoms with Gasteiger partial charge in [0.2, 0.25) is 0 Å². The Bertz CT molecular complexity index is 1680. The zero-order valence-electron chi connectivity index (χ0n) is 27.8. The van der Waals surface area contributed by atoms with E-state index < -0.39 is 5.60 Å². The lowest BCUT2D eigenvalue weighted by Crippen LogP contribution is -2.62. The smallest absolute Gasteiger partial charge is 0.410 e. The molecule has 4 fully saturated rings. The molecule has 0 unspecified atom stereocenters. The highest BCUT2D eigenvalue weighted by Crippen LogP contribution is 2.57. The molecule has 1 atom stereocenters. The van der Waals surface area contributed by atoms with Crippen molar-refractivity contribution in [3.05, 3.63) is 101 Å². The Morgan fingerprint density at radius 1 is 0.936 bits per heavy atom. The molecule has 0 bridgehead atoms.